The van der Waals surface area contributed by atoms with Crippen molar-refractivity contribution >= 4 is 6.08 Å². The smallest absolute Gasteiger partial charge is 0.116 e. The van der Waals surface area contributed by atoms with E-state index >= 15 is 0 Å². The van der Waals surface area contributed by atoms with Crippen LogP contribution in [0.3, 0.4) is 0 Å². The summed E-state index contributed by atoms with van der Waals surface area (Å²) >= 11 is 0. The van der Waals surface area contributed by atoms with Gasteiger partial charge in [-0.2, -0.15) is 0 Å². The predicted molar refractivity (Wildman–Crippen MR) is 48.2 cm³/mol. The van der Waals surface area contributed by atoms with E-state index in [0.717, 1.165) is 11.3 Å². The maximum atomic E-state index is 3.97. The van der Waals surface area contributed by atoms with Crippen molar-refractivity contribution in [3.05, 3.63) is 30.4 Å². The minimum absolute atomic E-state index is 0.907. The Morgan fingerprint density at radius 3 is 2.45 bits per heavy atom. The van der Waals surface area contributed by atoms with Crippen molar-refractivity contribution in [3.63, 3.8) is 0 Å². The van der Waals surface area contributed by atoms with Crippen LogP contribution < -0.4 is 0 Å². The first-order valence-corrected chi connectivity index (χ1v) is 3.73. The van der Waals surface area contributed by atoms with Crippen LogP contribution in [0.2, 0.25) is 0 Å². The molecule has 60 valence electrons. The monoisotopic (exact) mass is 150 g/mol. The molecular weight excluding hydrogens is 136 g/mol. The van der Waals surface area contributed by atoms with Gasteiger partial charge >= 0.3 is 0 Å². The van der Waals surface area contributed by atoms with Gasteiger partial charge in [0.2, 0.25) is 0 Å². The van der Waals surface area contributed by atoms with Gasteiger partial charge in [-0.05, 0) is 18.6 Å². The summed E-state index contributed by atoms with van der Waals surface area (Å²) in [6.45, 7) is 9.56. The van der Waals surface area contributed by atoms with Gasteiger partial charge in [-0.25, -0.2) is 9.97 Å². The highest BCUT2D eigenvalue weighted by molar-refractivity contribution is 5.44. The summed E-state index contributed by atoms with van der Waals surface area (Å²) in [5.74, 6) is 0. The van der Waals surface area contributed by atoms with Crippen LogP contribution in [0.15, 0.2) is 19.1 Å². The lowest BCUT2D eigenvalue weighted by atomic mass is 10.2. The molecule has 0 amide bonds. The highest BCUT2D eigenvalue weighted by Crippen LogP contribution is 2.00. The Kier molecular flexibility index (Phi) is 4.99. The van der Waals surface area contributed by atoms with Gasteiger partial charge < -0.3 is 0 Å². The van der Waals surface area contributed by atoms with Crippen LogP contribution in [0.1, 0.15) is 25.1 Å². The second kappa shape index (κ2) is 5.59. The maximum absolute atomic E-state index is 3.97. The minimum atomic E-state index is 0.907. The molecule has 1 aromatic rings. The molecule has 0 atom stereocenters. The van der Waals surface area contributed by atoms with E-state index < -0.39 is 0 Å². The number of hydrogen-bond acceptors (Lipinski definition) is 2. The van der Waals surface area contributed by atoms with E-state index in [1.54, 1.807) is 12.3 Å². The second-order valence-corrected chi connectivity index (χ2v) is 1.80. The van der Waals surface area contributed by atoms with Crippen LogP contribution in [-0.4, -0.2) is 9.97 Å². The number of hydrogen-bond donors (Lipinski definition) is 0. The highest BCUT2D eigenvalue weighted by Gasteiger charge is 1.89. The Morgan fingerprint density at radius 2 is 2.09 bits per heavy atom. The van der Waals surface area contributed by atoms with Crippen molar-refractivity contribution in [3.8, 4) is 0 Å². The standard InChI is InChI=1S/C7H8N2.C2H6/c1-3-7-6(2)4-8-5-9-7;1-2/h3-5H,1H2,2H3;1-2H3. The topological polar surface area (TPSA) is 25.8 Å². The summed E-state index contributed by atoms with van der Waals surface area (Å²) in [7, 11) is 0. The predicted octanol–water partition coefficient (Wildman–Crippen LogP) is 2.45. The van der Waals surface area contributed by atoms with Crippen LogP contribution in [0.5, 0.6) is 0 Å². The Hall–Kier alpha value is -1.18. The summed E-state index contributed by atoms with van der Waals surface area (Å²) in [6, 6.07) is 0. The molecule has 1 rings (SSSR count). The van der Waals surface area contributed by atoms with E-state index in [-0.39, 0.29) is 0 Å². The molecule has 0 aliphatic carbocycles. The van der Waals surface area contributed by atoms with E-state index in [1.165, 1.54) is 6.33 Å². The lowest BCUT2D eigenvalue weighted by molar-refractivity contribution is 1.11. The van der Waals surface area contributed by atoms with Crippen molar-refractivity contribution in [1.29, 1.82) is 0 Å². The average Bonchev–Trinajstić information content (AvgIpc) is 2.09. The molecule has 1 aromatic heterocycles. The molecule has 0 spiro atoms. The van der Waals surface area contributed by atoms with Crippen molar-refractivity contribution in [2.24, 2.45) is 0 Å². The zero-order valence-electron chi connectivity index (χ0n) is 7.33. The molecule has 0 saturated carbocycles. The molecule has 0 aliphatic heterocycles. The molecule has 0 saturated heterocycles. The van der Waals surface area contributed by atoms with Crippen LogP contribution in [-0.2, 0) is 0 Å². The normalized spacial score (nSPS) is 7.91. The lowest BCUT2D eigenvalue weighted by Gasteiger charge is -1.93. The quantitative estimate of drug-likeness (QED) is 0.614. The first-order valence-electron chi connectivity index (χ1n) is 3.73. The third kappa shape index (κ3) is 2.94. The van der Waals surface area contributed by atoms with E-state index in [4.69, 9.17) is 0 Å². The van der Waals surface area contributed by atoms with Crippen LogP contribution >= 0.6 is 0 Å². The van der Waals surface area contributed by atoms with Gasteiger partial charge in [0.25, 0.3) is 0 Å². The van der Waals surface area contributed by atoms with Crippen molar-refractivity contribution in [2.45, 2.75) is 20.8 Å². The molecule has 0 fully saturated rings. The first kappa shape index (κ1) is 9.82. The van der Waals surface area contributed by atoms with Gasteiger partial charge in [0.05, 0.1) is 5.69 Å². The molecule has 0 unspecified atom stereocenters. The van der Waals surface area contributed by atoms with E-state index in [1.807, 2.05) is 20.8 Å². The van der Waals surface area contributed by atoms with Gasteiger partial charge in [-0.15, -0.1) is 0 Å². The summed E-state index contributed by atoms with van der Waals surface area (Å²) in [5, 5.41) is 0. The Morgan fingerprint density at radius 1 is 1.45 bits per heavy atom. The zero-order chi connectivity index (χ0) is 8.69. The van der Waals surface area contributed by atoms with Gasteiger partial charge in [0, 0.05) is 6.20 Å². The second-order valence-electron chi connectivity index (χ2n) is 1.80. The molecule has 0 bridgehead atoms. The number of aromatic nitrogens is 2. The fourth-order valence-corrected chi connectivity index (χ4v) is 0.622. The van der Waals surface area contributed by atoms with Crippen LogP contribution in [0.4, 0.5) is 0 Å². The van der Waals surface area contributed by atoms with Gasteiger partial charge in [0.1, 0.15) is 6.33 Å². The largest absolute Gasteiger partial charge is 0.245 e. The number of aryl methyl sites for hydroxylation is 1. The van der Waals surface area contributed by atoms with Gasteiger partial charge in [0.15, 0.2) is 0 Å². The average molecular weight is 150 g/mol. The Balaban J connectivity index is 0.000000461. The fourth-order valence-electron chi connectivity index (χ4n) is 0.622. The molecular formula is C9H14N2. The van der Waals surface area contributed by atoms with E-state index in [2.05, 4.69) is 16.5 Å². The van der Waals surface area contributed by atoms with Gasteiger partial charge in [-0.1, -0.05) is 20.4 Å². The molecule has 11 heavy (non-hydrogen) atoms. The highest BCUT2D eigenvalue weighted by atomic mass is 14.8. The van der Waals surface area contributed by atoms with Crippen molar-refractivity contribution < 1.29 is 0 Å². The summed E-state index contributed by atoms with van der Waals surface area (Å²) in [6.07, 6.45) is 5.00. The van der Waals surface area contributed by atoms with E-state index in [0.29, 0.717) is 0 Å². The maximum Gasteiger partial charge on any atom is 0.116 e. The third-order valence-corrected chi connectivity index (χ3v) is 1.13. The Bertz CT molecular complexity index is 219. The van der Waals surface area contributed by atoms with Crippen molar-refractivity contribution in [1.82, 2.24) is 9.97 Å². The fraction of sp³-hybridized carbons (Fsp3) is 0.333. The van der Waals surface area contributed by atoms with Crippen LogP contribution in [0.25, 0.3) is 6.08 Å². The molecule has 0 aliphatic rings. The molecule has 0 N–H and O–H groups in total. The molecule has 2 nitrogen and oxygen atoms in total. The zero-order valence-corrected chi connectivity index (χ0v) is 7.33. The number of nitrogens with zero attached hydrogens (tertiary/aromatic N) is 2. The lowest BCUT2D eigenvalue weighted by Crippen LogP contribution is -1.85. The minimum Gasteiger partial charge on any atom is -0.245 e. The van der Waals surface area contributed by atoms with Gasteiger partial charge in [-0.3, -0.25) is 0 Å². The molecule has 1 heterocycles. The molecule has 0 radical (unpaired) electrons. The van der Waals surface area contributed by atoms with E-state index in [9.17, 15) is 0 Å². The molecule has 2 heteroatoms. The molecule has 0 aromatic carbocycles. The summed E-state index contributed by atoms with van der Waals surface area (Å²) < 4.78 is 0. The van der Waals surface area contributed by atoms with Crippen LogP contribution in [0, 0.1) is 6.92 Å². The Labute approximate surface area is 68.0 Å². The SMILES string of the molecule is C=Cc1ncncc1C.CC. The number of rotatable bonds is 1. The third-order valence-electron chi connectivity index (χ3n) is 1.13. The van der Waals surface area contributed by atoms with Crippen molar-refractivity contribution in [2.75, 3.05) is 0 Å². The summed E-state index contributed by atoms with van der Waals surface area (Å²) in [4.78, 5) is 7.80. The first-order chi connectivity index (χ1) is 5.34. The summed E-state index contributed by atoms with van der Waals surface area (Å²) in [5.41, 5.74) is 1.97.